The molecule has 1 aliphatic rings. The van der Waals surface area contributed by atoms with Gasteiger partial charge in [-0.05, 0) is 37.1 Å². The largest absolute Gasteiger partial charge is 0.508 e. The van der Waals surface area contributed by atoms with Gasteiger partial charge in [0.05, 0.1) is 17.0 Å². The van der Waals surface area contributed by atoms with Gasteiger partial charge in [-0.25, -0.2) is 9.07 Å². The molecular weight excluding hydrogens is 319 g/mol. The molecule has 0 saturated heterocycles. The maximum absolute atomic E-state index is 14.3. The number of nitrogens with zero attached hydrogens (tertiary/aromatic N) is 2. The number of ketones is 1. The molecule has 0 saturated carbocycles. The zero-order valence-corrected chi connectivity index (χ0v) is 13.7. The Labute approximate surface area is 144 Å². The average Bonchev–Trinajstić information content (AvgIpc) is 2.93. The smallest absolute Gasteiger partial charge is 0.167 e. The monoisotopic (exact) mass is 336 g/mol. The molecule has 4 nitrogen and oxygen atoms in total. The summed E-state index contributed by atoms with van der Waals surface area (Å²) in [7, 11) is 0. The lowest BCUT2D eigenvalue weighted by Gasteiger charge is -2.23. The fourth-order valence-corrected chi connectivity index (χ4v) is 3.63. The van der Waals surface area contributed by atoms with Crippen molar-refractivity contribution in [2.75, 3.05) is 0 Å². The van der Waals surface area contributed by atoms with Crippen molar-refractivity contribution in [3.8, 4) is 11.4 Å². The Balaban J connectivity index is 1.84. The van der Waals surface area contributed by atoms with E-state index in [0.29, 0.717) is 35.5 Å². The van der Waals surface area contributed by atoms with Crippen LogP contribution in [-0.4, -0.2) is 20.7 Å². The molecule has 126 valence electrons. The average molecular weight is 336 g/mol. The first kappa shape index (κ1) is 15.6. The third kappa shape index (κ3) is 2.52. The summed E-state index contributed by atoms with van der Waals surface area (Å²) in [5, 5.41) is 14.6. The van der Waals surface area contributed by atoms with Crippen LogP contribution in [0.1, 0.15) is 39.6 Å². The number of carbonyl (C=O) groups is 1. The van der Waals surface area contributed by atoms with Crippen molar-refractivity contribution in [1.29, 1.82) is 0 Å². The number of hydrogen-bond donors (Lipinski definition) is 1. The maximum Gasteiger partial charge on any atom is 0.167 e. The molecule has 5 heteroatoms. The van der Waals surface area contributed by atoms with E-state index < -0.39 is 0 Å². The van der Waals surface area contributed by atoms with Crippen LogP contribution in [0.2, 0.25) is 0 Å². The van der Waals surface area contributed by atoms with E-state index in [4.69, 9.17) is 0 Å². The first-order chi connectivity index (χ1) is 12.1. The van der Waals surface area contributed by atoms with Gasteiger partial charge >= 0.3 is 0 Å². The highest BCUT2D eigenvalue weighted by molar-refractivity contribution is 6.00. The van der Waals surface area contributed by atoms with E-state index in [1.165, 1.54) is 10.7 Å². The van der Waals surface area contributed by atoms with Crippen LogP contribution in [0, 0.1) is 12.7 Å². The summed E-state index contributed by atoms with van der Waals surface area (Å²) >= 11 is 0. The highest BCUT2D eigenvalue weighted by Crippen LogP contribution is 2.38. The molecule has 0 spiro atoms. The molecule has 1 aliphatic carbocycles. The molecule has 1 atom stereocenters. The van der Waals surface area contributed by atoms with Crippen molar-refractivity contribution in [1.82, 2.24) is 9.78 Å². The zero-order chi connectivity index (χ0) is 17.6. The van der Waals surface area contributed by atoms with E-state index >= 15 is 0 Å². The van der Waals surface area contributed by atoms with Crippen LogP contribution in [0.4, 0.5) is 4.39 Å². The van der Waals surface area contributed by atoms with Crippen LogP contribution in [0.3, 0.4) is 0 Å². The second-order valence-corrected chi connectivity index (χ2v) is 6.36. The molecule has 1 unspecified atom stereocenters. The molecule has 0 amide bonds. The first-order valence-corrected chi connectivity index (χ1v) is 8.20. The molecule has 25 heavy (non-hydrogen) atoms. The number of Topliss-reactive ketones (excluding diaryl/α,β-unsaturated/α-hetero) is 1. The van der Waals surface area contributed by atoms with Gasteiger partial charge in [-0.15, -0.1) is 0 Å². The number of aromatic hydroxyl groups is 1. The van der Waals surface area contributed by atoms with E-state index in [0.717, 1.165) is 5.56 Å². The van der Waals surface area contributed by atoms with Gasteiger partial charge in [0.25, 0.3) is 0 Å². The molecular formula is C20H17FN2O2. The molecule has 1 N–H and O–H groups in total. The second-order valence-electron chi connectivity index (χ2n) is 6.36. The minimum atomic E-state index is -0.384. The summed E-state index contributed by atoms with van der Waals surface area (Å²) in [6.45, 7) is 1.77. The molecule has 0 fully saturated rings. The predicted molar refractivity (Wildman–Crippen MR) is 91.8 cm³/mol. The molecule has 1 heterocycles. The fraction of sp³-hybridized carbons (Fsp3) is 0.200. The highest BCUT2D eigenvalue weighted by Gasteiger charge is 2.33. The summed E-state index contributed by atoms with van der Waals surface area (Å²) in [5.41, 5.74) is 2.96. The number of benzene rings is 2. The third-order valence-corrected chi connectivity index (χ3v) is 4.76. The molecule has 0 aliphatic heterocycles. The number of phenolic OH excluding ortho intramolecular Hbond substituents is 1. The molecule has 2 aromatic carbocycles. The Hall–Kier alpha value is -2.95. The van der Waals surface area contributed by atoms with Gasteiger partial charge in [0.15, 0.2) is 5.78 Å². The van der Waals surface area contributed by atoms with Gasteiger partial charge in [0.1, 0.15) is 17.3 Å². The summed E-state index contributed by atoms with van der Waals surface area (Å²) in [6, 6.07) is 13.4. The van der Waals surface area contributed by atoms with Crippen LogP contribution >= 0.6 is 0 Å². The van der Waals surface area contributed by atoms with E-state index in [2.05, 4.69) is 5.10 Å². The van der Waals surface area contributed by atoms with Crippen LogP contribution in [0.25, 0.3) is 5.69 Å². The van der Waals surface area contributed by atoms with Crippen molar-refractivity contribution in [3.05, 3.63) is 76.9 Å². The van der Waals surface area contributed by atoms with E-state index in [1.807, 2.05) is 12.1 Å². The number of halogens is 1. The summed E-state index contributed by atoms with van der Waals surface area (Å²) in [4.78, 5) is 12.7. The molecule has 0 bridgehead atoms. The Morgan fingerprint density at radius 2 is 1.84 bits per heavy atom. The normalized spacial score (nSPS) is 16.7. The van der Waals surface area contributed by atoms with Crippen molar-refractivity contribution in [2.24, 2.45) is 0 Å². The lowest BCUT2D eigenvalue weighted by atomic mass is 9.81. The number of carbonyl (C=O) groups excluding carboxylic acids is 1. The second kappa shape index (κ2) is 5.84. The van der Waals surface area contributed by atoms with Gasteiger partial charge in [0, 0.05) is 12.3 Å². The van der Waals surface area contributed by atoms with Gasteiger partial charge in [-0.3, -0.25) is 4.79 Å². The summed E-state index contributed by atoms with van der Waals surface area (Å²) < 4.78 is 15.8. The predicted octanol–water partition coefficient (Wildman–Crippen LogP) is 3.94. The maximum atomic E-state index is 14.3. The molecule has 4 rings (SSSR count). The lowest BCUT2D eigenvalue weighted by molar-refractivity contribution is 0.0963. The number of aromatic nitrogens is 2. The van der Waals surface area contributed by atoms with Gasteiger partial charge in [0.2, 0.25) is 0 Å². The zero-order valence-electron chi connectivity index (χ0n) is 13.7. The number of fused-ring (bicyclic) bond motifs is 1. The lowest BCUT2D eigenvalue weighted by Crippen LogP contribution is -2.21. The summed E-state index contributed by atoms with van der Waals surface area (Å²) in [6.07, 6.45) is 0.836. The fourth-order valence-electron chi connectivity index (χ4n) is 3.63. The van der Waals surface area contributed by atoms with Crippen LogP contribution in [0.15, 0.2) is 48.5 Å². The Morgan fingerprint density at radius 3 is 2.60 bits per heavy atom. The van der Waals surface area contributed by atoms with E-state index in [1.54, 1.807) is 37.3 Å². The van der Waals surface area contributed by atoms with Crippen molar-refractivity contribution < 1.29 is 14.3 Å². The number of aryl methyl sites for hydroxylation is 1. The Morgan fingerprint density at radius 1 is 1.12 bits per heavy atom. The highest BCUT2D eigenvalue weighted by atomic mass is 19.1. The van der Waals surface area contributed by atoms with Gasteiger partial charge in [-0.1, -0.05) is 30.3 Å². The van der Waals surface area contributed by atoms with Gasteiger partial charge in [-0.2, -0.15) is 5.10 Å². The van der Waals surface area contributed by atoms with Crippen molar-refractivity contribution in [3.63, 3.8) is 0 Å². The molecule has 0 radical (unpaired) electrons. The van der Waals surface area contributed by atoms with E-state index in [-0.39, 0.29) is 23.3 Å². The number of para-hydroxylation sites is 2. The molecule has 3 aromatic rings. The third-order valence-electron chi connectivity index (χ3n) is 4.76. The quantitative estimate of drug-likeness (QED) is 0.771. The van der Waals surface area contributed by atoms with Crippen LogP contribution < -0.4 is 0 Å². The summed E-state index contributed by atoms with van der Waals surface area (Å²) in [5.74, 6) is -0.375. The van der Waals surface area contributed by atoms with Crippen molar-refractivity contribution >= 4 is 5.78 Å². The Kier molecular flexibility index (Phi) is 3.64. The van der Waals surface area contributed by atoms with Crippen LogP contribution in [0.5, 0.6) is 5.75 Å². The topological polar surface area (TPSA) is 55.1 Å². The van der Waals surface area contributed by atoms with E-state index in [9.17, 15) is 14.3 Å². The minimum Gasteiger partial charge on any atom is -0.508 e. The van der Waals surface area contributed by atoms with Crippen LogP contribution in [-0.2, 0) is 6.42 Å². The van der Waals surface area contributed by atoms with Gasteiger partial charge < -0.3 is 5.11 Å². The number of phenols is 1. The molecule has 1 aromatic heterocycles. The number of hydrogen-bond acceptors (Lipinski definition) is 3. The minimum absolute atomic E-state index is 0.0189. The SMILES string of the molecule is Cc1nn(-c2ccccc2F)c2c1C(=O)CC(c1ccccc1O)C2. The van der Waals surface area contributed by atoms with Crippen molar-refractivity contribution in [2.45, 2.75) is 25.7 Å². The first-order valence-electron chi connectivity index (χ1n) is 8.20. The standard InChI is InChI=1S/C20H17FN2O2/c1-12-20-17(23(22-12)16-8-4-3-7-15(16)21)10-13(11-19(20)25)14-6-2-5-9-18(14)24/h2-9,13,24H,10-11H2,1H3. The number of rotatable bonds is 2. The Bertz CT molecular complexity index is 978.